The van der Waals surface area contributed by atoms with E-state index in [0.717, 1.165) is 18.4 Å². The van der Waals surface area contributed by atoms with E-state index in [1.54, 1.807) is 6.08 Å². The summed E-state index contributed by atoms with van der Waals surface area (Å²) >= 11 is 0. The van der Waals surface area contributed by atoms with Crippen molar-refractivity contribution >= 4 is 11.8 Å². The van der Waals surface area contributed by atoms with E-state index in [2.05, 4.69) is 13.2 Å². The van der Waals surface area contributed by atoms with Crippen molar-refractivity contribution in [3.05, 3.63) is 24.8 Å². The van der Waals surface area contributed by atoms with E-state index in [4.69, 9.17) is 4.74 Å². The van der Waals surface area contributed by atoms with E-state index in [-0.39, 0.29) is 11.7 Å². The highest BCUT2D eigenvalue weighted by Crippen LogP contribution is 2.45. The Labute approximate surface area is 109 Å². The van der Waals surface area contributed by atoms with Gasteiger partial charge in [-0.2, -0.15) is 0 Å². The Morgan fingerprint density at radius 1 is 1.61 bits per heavy atom. The van der Waals surface area contributed by atoms with Gasteiger partial charge in [-0.25, -0.2) is 0 Å². The molecule has 0 aromatic rings. The van der Waals surface area contributed by atoms with Gasteiger partial charge in [-0.3, -0.25) is 9.59 Å². The van der Waals surface area contributed by atoms with Gasteiger partial charge in [0.2, 0.25) is 0 Å². The zero-order valence-electron chi connectivity index (χ0n) is 11.3. The molecule has 0 bridgehead atoms. The molecule has 3 nitrogen and oxygen atoms in total. The minimum absolute atomic E-state index is 0.00421. The predicted octanol–water partition coefficient (Wildman–Crippen LogP) is 3.06. The van der Waals surface area contributed by atoms with Crippen LogP contribution in [0.2, 0.25) is 0 Å². The second-order valence-corrected chi connectivity index (χ2v) is 5.13. The van der Waals surface area contributed by atoms with Crippen LogP contribution in [-0.4, -0.2) is 18.9 Å². The van der Waals surface area contributed by atoms with Crippen LogP contribution in [0.5, 0.6) is 0 Å². The van der Waals surface area contributed by atoms with Crippen molar-refractivity contribution in [2.45, 2.75) is 39.0 Å². The lowest BCUT2D eigenvalue weighted by Gasteiger charge is -2.40. The Bertz CT molecular complexity index is 360. The molecule has 3 heteroatoms. The van der Waals surface area contributed by atoms with Crippen molar-refractivity contribution in [2.24, 2.45) is 11.3 Å². The summed E-state index contributed by atoms with van der Waals surface area (Å²) in [4.78, 5) is 24.6. The molecule has 18 heavy (non-hydrogen) atoms. The molecule has 2 atom stereocenters. The van der Waals surface area contributed by atoms with E-state index in [1.807, 2.05) is 6.92 Å². The van der Waals surface area contributed by atoms with Crippen LogP contribution in [0.15, 0.2) is 24.8 Å². The van der Waals surface area contributed by atoms with Crippen LogP contribution in [0.25, 0.3) is 0 Å². The van der Waals surface area contributed by atoms with E-state index < -0.39 is 11.4 Å². The maximum atomic E-state index is 12.4. The fraction of sp³-hybridized carbons (Fsp3) is 0.600. The third-order valence-corrected chi connectivity index (χ3v) is 3.73. The summed E-state index contributed by atoms with van der Waals surface area (Å²) in [6, 6.07) is 0. The number of carbonyl (C=O) groups excluding carboxylic acids is 2. The van der Waals surface area contributed by atoms with Gasteiger partial charge in [0.1, 0.15) is 5.41 Å². The van der Waals surface area contributed by atoms with Gasteiger partial charge in [0, 0.05) is 6.42 Å². The molecule has 0 aromatic heterocycles. The minimum Gasteiger partial charge on any atom is -0.468 e. The van der Waals surface area contributed by atoms with E-state index >= 15 is 0 Å². The van der Waals surface area contributed by atoms with Crippen molar-refractivity contribution < 1.29 is 14.3 Å². The molecule has 1 rings (SSSR count). The largest absolute Gasteiger partial charge is 0.468 e. The summed E-state index contributed by atoms with van der Waals surface area (Å²) < 4.78 is 4.91. The molecule has 0 saturated heterocycles. The third-order valence-electron chi connectivity index (χ3n) is 3.73. The quantitative estimate of drug-likeness (QED) is 0.428. The smallest absolute Gasteiger partial charge is 0.319 e. The summed E-state index contributed by atoms with van der Waals surface area (Å²) in [5.41, 5.74) is -0.197. The molecule has 0 N–H and O–H groups in total. The number of hydrogen-bond acceptors (Lipinski definition) is 3. The molecule has 0 unspecified atom stereocenters. The van der Waals surface area contributed by atoms with Crippen LogP contribution in [0, 0.1) is 11.3 Å². The monoisotopic (exact) mass is 250 g/mol. The van der Waals surface area contributed by atoms with E-state index in [1.165, 1.54) is 7.11 Å². The molecular weight excluding hydrogens is 228 g/mol. The number of carbonyl (C=O) groups is 2. The van der Waals surface area contributed by atoms with E-state index in [0.29, 0.717) is 19.3 Å². The Kier molecular flexibility index (Phi) is 4.88. The molecule has 1 fully saturated rings. The maximum absolute atomic E-state index is 12.4. The number of methoxy groups -OCH3 is 1. The molecule has 100 valence electrons. The number of allylic oxidation sites excluding steroid dienone is 2. The number of Topliss-reactive ketones (excluding diaryl/α,β-unsaturated/α-hetero) is 1. The lowest BCUT2D eigenvalue weighted by atomic mass is 9.61. The summed E-state index contributed by atoms with van der Waals surface area (Å²) in [6.07, 6.45) is 4.98. The van der Waals surface area contributed by atoms with Gasteiger partial charge >= 0.3 is 5.97 Å². The van der Waals surface area contributed by atoms with Crippen molar-refractivity contribution in [3.63, 3.8) is 0 Å². The van der Waals surface area contributed by atoms with Crippen molar-refractivity contribution in [2.75, 3.05) is 7.11 Å². The van der Waals surface area contributed by atoms with Crippen LogP contribution in [0.1, 0.15) is 39.0 Å². The van der Waals surface area contributed by atoms with Crippen LogP contribution in [0.4, 0.5) is 0 Å². The lowest BCUT2D eigenvalue weighted by Crippen LogP contribution is -2.49. The number of ketones is 1. The average Bonchev–Trinajstić information content (AvgIpc) is 2.32. The van der Waals surface area contributed by atoms with E-state index in [9.17, 15) is 9.59 Å². The van der Waals surface area contributed by atoms with Crippen LogP contribution >= 0.6 is 0 Å². The molecule has 0 amide bonds. The zero-order chi connectivity index (χ0) is 13.8. The molecular formula is C15H22O3. The SMILES string of the molecule is C=CC[C@H]1CCCC(=O)[C@@]1(CC(=C)C)C(=O)OC. The summed E-state index contributed by atoms with van der Waals surface area (Å²) in [7, 11) is 1.34. The topological polar surface area (TPSA) is 43.4 Å². The van der Waals surface area contributed by atoms with Crippen molar-refractivity contribution in [1.29, 1.82) is 0 Å². The van der Waals surface area contributed by atoms with Crippen LogP contribution < -0.4 is 0 Å². The van der Waals surface area contributed by atoms with Gasteiger partial charge in [-0.15, -0.1) is 13.2 Å². The Morgan fingerprint density at radius 2 is 2.28 bits per heavy atom. The normalized spacial score (nSPS) is 27.7. The molecule has 1 saturated carbocycles. The van der Waals surface area contributed by atoms with Gasteiger partial charge in [-0.1, -0.05) is 11.6 Å². The zero-order valence-corrected chi connectivity index (χ0v) is 11.3. The fourth-order valence-corrected chi connectivity index (χ4v) is 2.98. The molecule has 0 heterocycles. The molecule has 1 aliphatic rings. The van der Waals surface area contributed by atoms with Crippen LogP contribution in [-0.2, 0) is 14.3 Å². The van der Waals surface area contributed by atoms with Gasteiger partial charge in [0.05, 0.1) is 7.11 Å². The molecule has 1 aliphatic carbocycles. The highest BCUT2D eigenvalue weighted by Gasteiger charge is 2.53. The molecule has 0 spiro atoms. The van der Waals surface area contributed by atoms with Gasteiger partial charge in [-0.05, 0) is 38.5 Å². The first-order valence-corrected chi connectivity index (χ1v) is 6.36. The highest BCUT2D eigenvalue weighted by molar-refractivity contribution is 6.05. The lowest BCUT2D eigenvalue weighted by molar-refractivity contribution is -0.164. The van der Waals surface area contributed by atoms with Crippen LogP contribution in [0.3, 0.4) is 0 Å². The summed E-state index contributed by atoms with van der Waals surface area (Å²) in [5.74, 6) is -0.432. The first-order valence-electron chi connectivity index (χ1n) is 6.36. The summed E-state index contributed by atoms with van der Waals surface area (Å²) in [5, 5.41) is 0. The van der Waals surface area contributed by atoms with Crippen molar-refractivity contribution in [1.82, 2.24) is 0 Å². The first-order chi connectivity index (χ1) is 8.48. The number of hydrogen-bond donors (Lipinski definition) is 0. The van der Waals surface area contributed by atoms with Crippen molar-refractivity contribution in [3.8, 4) is 0 Å². The van der Waals surface area contributed by atoms with Gasteiger partial charge < -0.3 is 4.74 Å². The predicted molar refractivity (Wildman–Crippen MR) is 71.0 cm³/mol. The number of ether oxygens (including phenoxy) is 1. The van der Waals surface area contributed by atoms with Gasteiger partial charge in [0.15, 0.2) is 5.78 Å². The second kappa shape index (κ2) is 5.98. The second-order valence-electron chi connectivity index (χ2n) is 5.13. The Morgan fingerprint density at radius 3 is 2.78 bits per heavy atom. The average molecular weight is 250 g/mol. The molecule has 0 aliphatic heterocycles. The maximum Gasteiger partial charge on any atom is 0.319 e. The standard InChI is InChI=1S/C15H22O3/c1-5-7-12-8-6-9-13(16)15(12,10-11(2)3)14(17)18-4/h5,12H,1-2,6-10H2,3-4H3/t12-,15-/m0/s1. The first kappa shape index (κ1) is 14.7. The Hall–Kier alpha value is -1.38. The molecule has 0 aromatic carbocycles. The highest BCUT2D eigenvalue weighted by atomic mass is 16.5. The molecule has 0 radical (unpaired) electrons. The minimum atomic E-state index is -1.03. The summed E-state index contributed by atoms with van der Waals surface area (Å²) in [6.45, 7) is 9.42. The Balaban J connectivity index is 3.21. The number of rotatable bonds is 5. The fourth-order valence-electron chi connectivity index (χ4n) is 2.98. The number of esters is 1. The van der Waals surface area contributed by atoms with Gasteiger partial charge in [0.25, 0.3) is 0 Å². The third kappa shape index (κ3) is 2.55.